The molecule has 2 aliphatic heterocycles. The molecule has 1 atom stereocenters. The monoisotopic (exact) mass is 307 g/mol. The number of rotatable bonds is 2. The van der Waals surface area contributed by atoms with Gasteiger partial charge in [-0.2, -0.15) is 0 Å². The Hall–Kier alpha value is -2.42. The maximum atomic E-state index is 12.4. The molecule has 1 fully saturated rings. The van der Waals surface area contributed by atoms with Gasteiger partial charge in [0, 0.05) is 11.8 Å². The SMILES string of the molecule is CC1(N2C(=O)c3csc(N=O)c3C2=O)CCC(=O)NC1=O. The zero-order valence-corrected chi connectivity index (χ0v) is 11.7. The highest BCUT2D eigenvalue weighted by Gasteiger charge is 2.53. The van der Waals surface area contributed by atoms with E-state index in [2.05, 4.69) is 10.5 Å². The topological polar surface area (TPSA) is 113 Å². The lowest BCUT2D eigenvalue weighted by molar-refractivity contribution is -0.140. The number of carbonyl (C=O) groups is 4. The molecule has 1 unspecified atom stereocenters. The number of hydrogen-bond donors (Lipinski definition) is 1. The number of hydrogen-bond acceptors (Lipinski definition) is 7. The molecule has 4 amide bonds. The third-order valence-electron chi connectivity index (χ3n) is 3.78. The fourth-order valence-electron chi connectivity index (χ4n) is 2.56. The van der Waals surface area contributed by atoms with Gasteiger partial charge in [0.1, 0.15) is 5.54 Å². The van der Waals surface area contributed by atoms with Crippen LogP contribution >= 0.6 is 11.3 Å². The number of nitrogens with one attached hydrogen (secondary N) is 1. The van der Waals surface area contributed by atoms with Crippen LogP contribution in [0.4, 0.5) is 5.00 Å². The zero-order valence-electron chi connectivity index (χ0n) is 10.8. The van der Waals surface area contributed by atoms with Crippen molar-refractivity contribution in [1.29, 1.82) is 0 Å². The van der Waals surface area contributed by atoms with Gasteiger partial charge in [-0.1, -0.05) is 0 Å². The third kappa shape index (κ3) is 1.67. The second kappa shape index (κ2) is 4.29. The van der Waals surface area contributed by atoms with Crippen LogP contribution < -0.4 is 5.32 Å². The average molecular weight is 307 g/mol. The van der Waals surface area contributed by atoms with Gasteiger partial charge in [0.25, 0.3) is 17.7 Å². The second-order valence-electron chi connectivity index (χ2n) is 5.02. The van der Waals surface area contributed by atoms with Crippen LogP contribution in [0.25, 0.3) is 0 Å². The molecule has 0 bridgehead atoms. The number of imide groups is 2. The summed E-state index contributed by atoms with van der Waals surface area (Å²) in [7, 11) is 0. The highest BCUT2D eigenvalue weighted by molar-refractivity contribution is 7.14. The fourth-order valence-corrected chi connectivity index (χ4v) is 3.37. The summed E-state index contributed by atoms with van der Waals surface area (Å²) in [5.41, 5.74) is -1.43. The third-order valence-corrected chi connectivity index (χ3v) is 4.63. The van der Waals surface area contributed by atoms with Gasteiger partial charge in [0.2, 0.25) is 5.91 Å². The van der Waals surface area contributed by atoms with E-state index in [9.17, 15) is 24.1 Å². The predicted molar refractivity (Wildman–Crippen MR) is 71.1 cm³/mol. The van der Waals surface area contributed by atoms with E-state index in [1.165, 1.54) is 12.3 Å². The molecule has 0 saturated carbocycles. The van der Waals surface area contributed by atoms with Crippen molar-refractivity contribution in [3.8, 4) is 0 Å². The van der Waals surface area contributed by atoms with E-state index in [1.54, 1.807) is 0 Å². The van der Waals surface area contributed by atoms with Crippen LogP contribution in [0.2, 0.25) is 0 Å². The van der Waals surface area contributed by atoms with Crippen LogP contribution in [0, 0.1) is 4.91 Å². The maximum absolute atomic E-state index is 12.4. The molecule has 1 aromatic rings. The Kier molecular flexibility index (Phi) is 2.77. The van der Waals surface area contributed by atoms with Gasteiger partial charge in [-0.05, 0) is 18.5 Å². The van der Waals surface area contributed by atoms with Crippen molar-refractivity contribution >= 4 is 40.0 Å². The molecule has 3 rings (SSSR count). The number of carbonyl (C=O) groups excluding carboxylic acids is 4. The van der Waals surface area contributed by atoms with Crippen LogP contribution in [-0.4, -0.2) is 34.1 Å². The largest absolute Gasteiger partial charge is 0.294 e. The highest BCUT2D eigenvalue weighted by Crippen LogP contribution is 2.41. The first-order valence-corrected chi connectivity index (χ1v) is 6.96. The summed E-state index contributed by atoms with van der Waals surface area (Å²) >= 11 is 0.906. The van der Waals surface area contributed by atoms with E-state index in [0.717, 1.165) is 16.2 Å². The van der Waals surface area contributed by atoms with E-state index in [-0.39, 0.29) is 29.0 Å². The Morgan fingerprint density at radius 2 is 2.00 bits per heavy atom. The van der Waals surface area contributed by atoms with Crippen molar-refractivity contribution in [3.63, 3.8) is 0 Å². The van der Waals surface area contributed by atoms with Crippen molar-refractivity contribution in [1.82, 2.24) is 10.2 Å². The lowest BCUT2D eigenvalue weighted by Gasteiger charge is -2.38. The summed E-state index contributed by atoms with van der Waals surface area (Å²) in [5.74, 6) is -2.51. The van der Waals surface area contributed by atoms with Gasteiger partial charge in [0.15, 0.2) is 5.00 Å². The van der Waals surface area contributed by atoms with E-state index >= 15 is 0 Å². The van der Waals surface area contributed by atoms with E-state index < -0.39 is 29.2 Å². The molecule has 0 aromatic carbocycles. The summed E-state index contributed by atoms with van der Waals surface area (Å²) in [4.78, 5) is 59.6. The van der Waals surface area contributed by atoms with Crippen molar-refractivity contribution in [2.75, 3.05) is 0 Å². The number of nitroso groups, excluding NO2 is 1. The van der Waals surface area contributed by atoms with Gasteiger partial charge < -0.3 is 0 Å². The van der Waals surface area contributed by atoms with E-state index in [4.69, 9.17) is 0 Å². The minimum absolute atomic E-state index is 0.0327. The molecule has 1 N–H and O–H groups in total. The maximum Gasteiger partial charge on any atom is 0.265 e. The Bertz CT molecular complexity index is 724. The summed E-state index contributed by atoms with van der Waals surface area (Å²) in [6, 6.07) is 0. The number of thiophene rings is 1. The fraction of sp³-hybridized carbons (Fsp3) is 0.333. The van der Waals surface area contributed by atoms with E-state index in [0.29, 0.717) is 0 Å². The number of amides is 4. The summed E-state index contributed by atoms with van der Waals surface area (Å²) in [6.45, 7) is 1.42. The van der Waals surface area contributed by atoms with Crippen molar-refractivity contribution < 1.29 is 19.2 Å². The lowest BCUT2D eigenvalue weighted by atomic mass is 9.89. The normalized spacial score (nSPS) is 25.1. The Balaban J connectivity index is 2.05. The van der Waals surface area contributed by atoms with Gasteiger partial charge in [-0.25, -0.2) is 0 Å². The van der Waals surface area contributed by atoms with Crippen LogP contribution in [-0.2, 0) is 9.59 Å². The molecule has 9 heteroatoms. The summed E-state index contributed by atoms with van der Waals surface area (Å²) < 4.78 is 0. The lowest BCUT2D eigenvalue weighted by Crippen LogP contribution is -2.62. The van der Waals surface area contributed by atoms with Crippen molar-refractivity contribution in [2.45, 2.75) is 25.3 Å². The minimum Gasteiger partial charge on any atom is -0.294 e. The van der Waals surface area contributed by atoms with Crippen molar-refractivity contribution in [3.05, 3.63) is 21.4 Å². The first kappa shape index (κ1) is 13.6. The van der Waals surface area contributed by atoms with Crippen LogP contribution in [0.5, 0.6) is 0 Å². The van der Waals surface area contributed by atoms with E-state index in [1.807, 2.05) is 0 Å². The molecule has 21 heavy (non-hydrogen) atoms. The summed E-state index contributed by atoms with van der Waals surface area (Å²) in [5, 5.41) is 6.16. The molecular weight excluding hydrogens is 298 g/mol. The van der Waals surface area contributed by atoms with Crippen molar-refractivity contribution in [2.24, 2.45) is 5.18 Å². The standard InChI is InChI=1S/C12H9N3O5S/c1-12(3-2-6(16)13-11(12)19)15-9(17)5-4-21-8(14-20)7(5)10(15)18/h4H,2-3H2,1H3,(H,13,16,19). The highest BCUT2D eigenvalue weighted by atomic mass is 32.1. The minimum atomic E-state index is -1.45. The number of fused-ring (bicyclic) bond motifs is 1. The van der Waals surface area contributed by atoms with Crippen LogP contribution in [0.3, 0.4) is 0 Å². The quantitative estimate of drug-likeness (QED) is 0.645. The van der Waals surface area contributed by atoms with Gasteiger partial charge in [0.05, 0.1) is 11.1 Å². The van der Waals surface area contributed by atoms with Gasteiger partial charge in [-0.15, -0.1) is 16.2 Å². The first-order valence-electron chi connectivity index (χ1n) is 6.08. The molecule has 0 spiro atoms. The molecule has 0 radical (unpaired) electrons. The molecule has 0 aliphatic carbocycles. The smallest absolute Gasteiger partial charge is 0.265 e. The molecule has 2 aliphatic rings. The molecule has 108 valence electrons. The molecule has 1 aromatic heterocycles. The Labute approximate surface area is 122 Å². The van der Waals surface area contributed by atoms with Gasteiger partial charge in [-0.3, -0.25) is 29.4 Å². The van der Waals surface area contributed by atoms with Crippen LogP contribution in [0.15, 0.2) is 10.6 Å². The van der Waals surface area contributed by atoms with Gasteiger partial charge >= 0.3 is 0 Å². The zero-order chi connectivity index (χ0) is 15.4. The molecule has 8 nitrogen and oxygen atoms in total. The number of nitrogens with zero attached hydrogens (tertiary/aromatic N) is 2. The van der Waals surface area contributed by atoms with Crippen LogP contribution in [0.1, 0.15) is 40.5 Å². The second-order valence-corrected chi connectivity index (χ2v) is 5.88. The Morgan fingerprint density at radius 1 is 1.29 bits per heavy atom. The molecule has 1 saturated heterocycles. The first-order chi connectivity index (χ1) is 9.90. The average Bonchev–Trinajstić information content (AvgIpc) is 2.96. The summed E-state index contributed by atoms with van der Waals surface area (Å²) in [6.07, 6.45) is 0.0810. The predicted octanol–water partition coefficient (Wildman–Crippen LogP) is 0.937. The number of piperidine rings is 1. The Morgan fingerprint density at radius 3 is 2.62 bits per heavy atom. The molecule has 3 heterocycles. The molecular formula is C12H9N3O5S.